The summed E-state index contributed by atoms with van der Waals surface area (Å²) in [6, 6.07) is 5.11. The summed E-state index contributed by atoms with van der Waals surface area (Å²) in [5.74, 6) is 0.0642. The minimum atomic E-state index is -0.818. The fourth-order valence-electron chi connectivity index (χ4n) is 4.43. The summed E-state index contributed by atoms with van der Waals surface area (Å²) >= 11 is 0. The number of halogens is 1. The van der Waals surface area contributed by atoms with Gasteiger partial charge in [0.15, 0.2) is 11.6 Å². The van der Waals surface area contributed by atoms with Crippen LogP contribution in [-0.4, -0.2) is 43.7 Å². The molecular formula is C24H23FN6O2. The number of aromatic nitrogens is 4. The second-order valence-electron chi connectivity index (χ2n) is 8.17. The van der Waals surface area contributed by atoms with E-state index < -0.39 is 17.9 Å². The molecular weight excluding hydrogens is 423 g/mol. The molecule has 0 radical (unpaired) electrons. The molecule has 0 spiro atoms. The lowest BCUT2D eigenvalue weighted by Crippen LogP contribution is -2.44. The third-order valence-electron chi connectivity index (χ3n) is 6.07. The highest BCUT2D eigenvalue weighted by molar-refractivity contribution is 5.86. The molecule has 5 rings (SSSR count). The van der Waals surface area contributed by atoms with Crippen LogP contribution < -0.4 is 10.5 Å². The van der Waals surface area contributed by atoms with Gasteiger partial charge in [0.1, 0.15) is 24.0 Å². The average Bonchev–Trinajstić information content (AvgIpc) is 3.22. The number of aldehydes is 1. The van der Waals surface area contributed by atoms with Crippen molar-refractivity contribution in [2.45, 2.75) is 32.0 Å². The van der Waals surface area contributed by atoms with E-state index in [1.54, 1.807) is 24.4 Å². The molecule has 3 N–H and O–H groups in total. The topological polar surface area (TPSA) is 110 Å². The molecule has 1 aliphatic heterocycles. The normalized spacial score (nSPS) is 15.7. The van der Waals surface area contributed by atoms with Crippen molar-refractivity contribution in [3.63, 3.8) is 0 Å². The number of nitrogens with one attached hydrogen (secondary N) is 1. The van der Waals surface area contributed by atoms with Gasteiger partial charge in [0.05, 0.1) is 23.2 Å². The van der Waals surface area contributed by atoms with Gasteiger partial charge in [0.2, 0.25) is 0 Å². The molecule has 1 aromatic carbocycles. The van der Waals surface area contributed by atoms with Crippen LogP contribution >= 0.6 is 0 Å². The van der Waals surface area contributed by atoms with Gasteiger partial charge in [-0.3, -0.25) is 4.90 Å². The Morgan fingerprint density at radius 2 is 2.15 bits per heavy atom. The van der Waals surface area contributed by atoms with Crippen molar-refractivity contribution < 1.29 is 13.9 Å². The number of pyridine rings is 1. The molecule has 33 heavy (non-hydrogen) atoms. The van der Waals surface area contributed by atoms with Crippen molar-refractivity contribution in [3.8, 4) is 11.5 Å². The Labute approximate surface area is 189 Å². The molecule has 4 aromatic rings. The Hall–Kier alpha value is -3.69. The number of aryl methyl sites for hydroxylation is 1. The maximum absolute atomic E-state index is 15.2. The van der Waals surface area contributed by atoms with Gasteiger partial charge in [-0.1, -0.05) is 6.07 Å². The maximum atomic E-state index is 15.2. The van der Waals surface area contributed by atoms with Crippen LogP contribution in [0.2, 0.25) is 0 Å². The van der Waals surface area contributed by atoms with Gasteiger partial charge >= 0.3 is 0 Å². The smallest absolute Gasteiger partial charge is 0.166 e. The first-order valence-corrected chi connectivity index (χ1v) is 10.7. The molecule has 2 unspecified atom stereocenters. The molecule has 0 bridgehead atoms. The molecule has 4 heterocycles. The first-order valence-electron chi connectivity index (χ1n) is 10.7. The summed E-state index contributed by atoms with van der Waals surface area (Å²) in [5.41, 5.74) is 10.4. The summed E-state index contributed by atoms with van der Waals surface area (Å²) in [6.07, 6.45) is 8.18. The van der Waals surface area contributed by atoms with Crippen LogP contribution in [0.1, 0.15) is 28.4 Å². The molecule has 8 nitrogen and oxygen atoms in total. The minimum absolute atomic E-state index is 0.0852. The van der Waals surface area contributed by atoms with Gasteiger partial charge in [-0.2, -0.15) is 0 Å². The van der Waals surface area contributed by atoms with E-state index in [9.17, 15) is 4.79 Å². The molecule has 0 aliphatic carbocycles. The van der Waals surface area contributed by atoms with E-state index in [0.717, 1.165) is 28.6 Å². The van der Waals surface area contributed by atoms with Gasteiger partial charge in [-0.25, -0.2) is 19.3 Å². The largest absolute Gasteiger partial charge is 0.453 e. The third kappa shape index (κ3) is 3.96. The zero-order chi connectivity index (χ0) is 22.9. The Morgan fingerprint density at radius 1 is 1.27 bits per heavy atom. The lowest BCUT2D eigenvalue weighted by molar-refractivity contribution is -0.110. The maximum Gasteiger partial charge on any atom is 0.166 e. The number of H-pyrrole nitrogens is 1. The van der Waals surface area contributed by atoms with Gasteiger partial charge < -0.3 is 20.2 Å². The Bertz CT molecular complexity index is 1320. The molecule has 9 heteroatoms. The summed E-state index contributed by atoms with van der Waals surface area (Å²) in [5, 5.41) is 0.802. The number of hydrogen-bond acceptors (Lipinski definition) is 7. The van der Waals surface area contributed by atoms with Crippen LogP contribution in [0.3, 0.4) is 0 Å². The highest BCUT2D eigenvalue weighted by Crippen LogP contribution is 2.35. The Kier molecular flexibility index (Phi) is 5.57. The summed E-state index contributed by atoms with van der Waals surface area (Å²) in [4.78, 5) is 29.4. The first kappa shape index (κ1) is 21.2. The number of nitrogens with two attached hydrogens (primary N) is 1. The lowest BCUT2D eigenvalue weighted by Gasteiger charge is -2.36. The molecule has 1 aliphatic rings. The third-order valence-corrected chi connectivity index (χ3v) is 6.07. The number of fused-ring (bicyclic) bond motifs is 2. The summed E-state index contributed by atoms with van der Waals surface area (Å²) in [7, 11) is 0. The quantitative estimate of drug-likeness (QED) is 0.438. The predicted molar refractivity (Wildman–Crippen MR) is 120 cm³/mol. The van der Waals surface area contributed by atoms with Crippen molar-refractivity contribution in [2.24, 2.45) is 5.73 Å². The molecule has 0 fully saturated rings. The standard InChI is InChI=1S/C24H23FN6O2/c1-14-9-29-24-22(14)21(4-6-28-24)33-20-3-2-15(8-17(20)25)23(18(26)12-32)31-7-5-16-10-27-13-30-19(16)11-31/h2-4,6,8-10,12-13,18,23H,5,7,11,26H2,1H3,(H,28,29). The summed E-state index contributed by atoms with van der Waals surface area (Å²) < 4.78 is 21.1. The number of rotatable bonds is 6. The van der Waals surface area contributed by atoms with E-state index in [-0.39, 0.29) is 5.75 Å². The van der Waals surface area contributed by atoms with Gasteiger partial charge in [0.25, 0.3) is 0 Å². The van der Waals surface area contributed by atoms with Gasteiger partial charge in [-0.15, -0.1) is 0 Å². The van der Waals surface area contributed by atoms with Crippen LogP contribution in [0.15, 0.2) is 49.2 Å². The second kappa shape index (κ2) is 8.68. The second-order valence-corrected chi connectivity index (χ2v) is 8.17. The van der Waals surface area contributed by atoms with Crippen molar-refractivity contribution in [2.75, 3.05) is 6.54 Å². The SMILES string of the molecule is Cc1c[nH]c2nccc(Oc3ccc(C(C(N)C=O)N4CCc5cncnc5C4)cc3F)c12. The minimum Gasteiger partial charge on any atom is -0.453 e. The van der Waals surface area contributed by atoms with E-state index >= 15 is 4.39 Å². The number of hydrogen-bond donors (Lipinski definition) is 2. The van der Waals surface area contributed by atoms with Crippen molar-refractivity contribution >= 4 is 17.3 Å². The van der Waals surface area contributed by atoms with E-state index in [4.69, 9.17) is 10.5 Å². The van der Waals surface area contributed by atoms with Crippen LogP contribution in [0.5, 0.6) is 11.5 Å². The van der Waals surface area contributed by atoms with Crippen molar-refractivity contribution in [3.05, 3.63) is 77.4 Å². The first-order chi connectivity index (χ1) is 16.0. The van der Waals surface area contributed by atoms with Gasteiger partial charge in [0, 0.05) is 31.7 Å². The fourth-order valence-corrected chi connectivity index (χ4v) is 4.43. The zero-order valence-corrected chi connectivity index (χ0v) is 18.0. The average molecular weight is 446 g/mol. The molecule has 0 amide bonds. The number of ether oxygens (including phenoxy) is 1. The Balaban J connectivity index is 1.45. The number of carbonyl (C=O) groups is 1. The predicted octanol–water partition coefficient (Wildman–Crippen LogP) is 3.22. The fraction of sp³-hybridized carbons (Fsp3) is 0.250. The number of carbonyl (C=O) groups excluding carboxylic acids is 1. The number of benzene rings is 1. The number of nitrogens with zero attached hydrogens (tertiary/aromatic N) is 4. The van der Waals surface area contributed by atoms with Crippen molar-refractivity contribution in [1.29, 1.82) is 0 Å². The lowest BCUT2D eigenvalue weighted by atomic mass is 9.95. The van der Waals surface area contributed by atoms with E-state index in [1.165, 1.54) is 12.4 Å². The highest BCUT2D eigenvalue weighted by atomic mass is 19.1. The van der Waals surface area contributed by atoms with Crippen molar-refractivity contribution in [1.82, 2.24) is 24.8 Å². The molecule has 2 atom stereocenters. The molecule has 3 aromatic heterocycles. The number of aromatic amines is 1. The van der Waals surface area contributed by atoms with E-state index in [0.29, 0.717) is 36.3 Å². The molecule has 168 valence electrons. The van der Waals surface area contributed by atoms with Crippen LogP contribution in [0.4, 0.5) is 4.39 Å². The van der Waals surface area contributed by atoms with E-state index in [2.05, 4.69) is 24.8 Å². The van der Waals surface area contributed by atoms with Crippen LogP contribution in [0, 0.1) is 12.7 Å². The van der Waals surface area contributed by atoms with Crippen LogP contribution in [0.25, 0.3) is 11.0 Å². The highest BCUT2D eigenvalue weighted by Gasteiger charge is 2.30. The Morgan fingerprint density at radius 3 is 2.97 bits per heavy atom. The zero-order valence-electron chi connectivity index (χ0n) is 18.0. The molecule has 0 saturated heterocycles. The van der Waals surface area contributed by atoms with Gasteiger partial charge in [-0.05, 0) is 48.2 Å². The molecule has 0 saturated carbocycles. The van der Waals surface area contributed by atoms with Crippen LogP contribution in [-0.2, 0) is 17.8 Å². The monoisotopic (exact) mass is 446 g/mol. The summed E-state index contributed by atoms with van der Waals surface area (Å²) in [6.45, 7) is 3.10. The van der Waals surface area contributed by atoms with E-state index in [1.807, 2.05) is 19.3 Å².